The van der Waals surface area contributed by atoms with Crippen LogP contribution >= 0.6 is 0 Å². The van der Waals surface area contributed by atoms with E-state index >= 15 is 0 Å². The number of benzene rings is 2. The minimum absolute atomic E-state index is 0.0896. The van der Waals surface area contributed by atoms with Crippen molar-refractivity contribution >= 4 is 23.0 Å². The quantitative estimate of drug-likeness (QED) is 0.172. The van der Waals surface area contributed by atoms with Crippen molar-refractivity contribution < 1.29 is 4.79 Å². The topological polar surface area (TPSA) is 108 Å². The standard InChI is InChI=1S/C27H38N6O/c1-7-23-11-12-24(15-18(23)3)32-21(6)31-17-22-10-13-25(26(28)16-22)20(5)33(29)19(4)9-14-27(34)30-8-2/h8,10-13,15-16,19,31-32H,2,5-7,9,14,17,28-29H2,1,3-4H3,(H,30,34). The molecule has 1 amide bonds. The number of nitrogen functional groups attached to an aromatic ring is 1. The van der Waals surface area contributed by atoms with E-state index in [1.54, 1.807) is 5.01 Å². The van der Waals surface area contributed by atoms with Crippen LogP contribution in [0.3, 0.4) is 0 Å². The van der Waals surface area contributed by atoms with Crippen LogP contribution in [0.2, 0.25) is 0 Å². The van der Waals surface area contributed by atoms with E-state index in [4.69, 9.17) is 11.6 Å². The van der Waals surface area contributed by atoms with Crippen LogP contribution in [0.25, 0.3) is 5.70 Å². The smallest absolute Gasteiger partial charge is 0.223 e. The Bertz CT molecular complexity index is 1050. The molecule has 0 aromatic heterocycles. The van der Waals surface area contributed by atoms with Crippen molar-refractivity contribution in [3.63, 3.8) is 0 Å². The lowest BCUT2D eigenvalue weighted by molar-refractivity contribution is -0.120. The number of aryl methyl sites for hydroxylation is 2. The summed E-state index contributed by atoms with van der Waals surface area (Å²) < 4.78 is 0. The predicted octanol–water partition coefficient (Wildman–Crippen LogP) is 4.39. The molecule has 7 nitrogen and oxygen atoms in total. The summed E-state index contributed by atoms with van der Waals surface area (Å²) in [5.74, 6) is 6.87. The van der Waals surface area contributed by atoms with Gasteiger partial charge in [0.15, 0.2) is 0 Å². The molecule has 1 atom stereocenters. The fraction of sp³-hybridized carbons (Fsp3) is 0.296. The van der Waals surface area contributed by atoms with Gasteiger partial charge in [0, 0.05) is 35.9 Å². The third-order valence-corrected chi connectivity index (χ3v) is 5.79. The first kappa shape index (κ1) is 26.5. The Balaban J connectivity index is 1.93. The normalized spacial score (nSPS) is 11.3. The van der Waals surface area contributed by atoms with Crippen molar-refractivity contribution in [2.45, 2.75) is 52.6 Å². The van der Waals surface area contributed by atoms with Crippen LogP contribution in [-0.4, -0.2) is 17.0 Å². The largest absolute Gasteiger partial charge is 0.398 e. The van der Waals surface area contributed by atoms with Crippen LogP contribution in [-0.2, 0) is 17.8 Å². The van der Waals surface area contributed by atoms with E-state index in [2.05, 4.69) is 67.7 Å². The molecule has 0 fully saturated rings. The first-order chi connectivity index (χ1) is 16.2. The molecule has 7 heteroatoms. The monoisotopic (exact) mass is 462 g/mol. The molecule has 0 saturated carbocycles. The van der Waals surface area contributed by atoms with E-state index in [1.807, 2.05) is 25.1 Å². The molecule has 1 unspecified atom stereocenters. The van der Waals surface area contributed by atoms with Crippen LogP contribution in [0, 0.1) is 6.92 Å². The molecule has 0 spiro atoms. The average molecular weight is 463 g/mol. The number of carbonyl (C=O) groups is 1. The highest BCUT2D eigenvalue weighted by Crippen LogP contribution is 2.25. The highest BCUT2D eigenvalue weighted by atomic mass is 16.1. The second-order valence-electron chi connectivity index (χ2n) is 8.39. The van der Waals surface area contributed by atoms with Gasteiger partial charge in [-0.15, -0.1) is 0 Å². The molecule has 7 N–H and O–H groups in total. The summed E-state index contributed by atoms with van der Waals surface area (Å²) in [5.41, 5.74) is 12.9. The SMILES string of the molecule is C=CNC(=O)CCC(C)N(N)C(=C)c1ccc(CNC(=C)Nc2ccc(CC)c(C)c2)cc1N. The van der Waals surface area contributed by atoms with Crippen molar-refractivity contribution in [1.29, 1.82) is 0 Å². The van der Waals surface area contributed by atoms with Crippen molar-refractivity contribution in [3.05, 3.63) is 90.4 Å². The highest BCUT2D eigenvalue weighted by Gasteiger charge is 2.16. The molecule has 0 saturated heterocycles. The third-order valence-electron chi connectivity index (χ3n) is 5.79. The van der Waals surface area contributed by atoms with E-state index in [0.717, 1.165) is 23.2 Å². The van der Waals surface area contributed by atoms with Gasteiger partial charge >= 0.3 is 0 Å². The number of nitrogens with two attached hydrogens (primary N) is 2. The van der Waals surface area contributed by atoms with Crippen LogP contribution < -0.4 is 27.5 Å². The summed E-state index contributed by atoms with van der Waals surface area (Å²) >= 11 is 0. The van der Waals surface area contributed by atoms with E-state index in [9.17, 15) is 4.79 Å². The van der Waals surface area contributed by atoms with Crippen LogP contribution in [0.5, 0.6) is 0 Å². The summed E-state index contributed by atoms with van der Waals surface area (Å²) in [7, 11) is 0. The molecule has 2 rings (SSSR count). The van der Waals surface area contributed by atoms with Gasteiger partial charge in [0.05, 0.1) is 11.5 Å². The van der Waals surface area contributed by atoms with Crippen molar-refractivity contribution in [2.75, 3.05) is 11.1 Å². The first-order valence-electron chi connectivity index (χ1n) is 11.5. The summed E-state index contributed by atoms with van der Waals surface area (Å²) in [6, 6.07) is 12.0. The first-order valence-corrected chi connectivity index (χ1v) is 11.5. The number of rotatable bonds is 13. The lowest BCUT2D eigenvalue weighted by Crippen LogP contribution is -2.38. The number of hydrogen-bond acceptors (Lipinski definition) is 6. The van der Waals surface area contributed by atoms with Crippen LogP contribution in [0.15, 0.2) is 68.2 Å². The molecule has 0 radical (unpaired) electrons. The maximum absolute atomic E-state index is 11.7. The number of hydrazine groups is 1. The average Bonchev–Trinajstić information content (AvgIpc) is 2.80. The Morgan fingerprint density at radius 1 is 1.21 bits per heavy atom. The maximum atomic E-state index is 11.7. The van der Waals surface area contributed by atoms with Crippen molar-refractivity contribution in [2.24, 2.45) is 5.84 Å². The van der Waals surface area contributed by atoms with Gasteiger partial charge in [-0.05, 0) is 67.8 Å². The number of hydrogen-bond donors (Lipinski definition) is 5. The second kappa shape index (κ2) is 12.5. The Kier molecular flexibility index (Phi) is 9.76. The fourth-order valence-corrected chi connectivity index (χ4v) is 3.65. The molecule has 2 aromatic carbocycles. The molecule has 2 aromatic rings. The Morgan fingerprint density at radius 3 is 2.56 bits per heavy atom. The van der Waals surface area contributed by atoms with E-state index in [0.29, 0.717) is 36.6 Å². The number of nitrogens with zero attached hydrogens (tertiary/aromatic N) is 1. The zero-order chi connectivity index (χ0) is 25.3. The molecule has 182 valence electrons. The molecular formula is C27H38N6O. The Hall–Kier alpha value is -3.71. The molecule has 0 bridgehead atoms. The number of anilines is 2. The van der Waals surface area contributed by atoms with E-state index < -0.39 is 0 Å². The third kappa shape index (κ3) is 7.42. The van der Waals surface area contributed by atoms with Gasteiger partial charge in [-0.2, -0.15) is 0 Å². The minimum atomic E-state index is -0.0959. The van der Waals surface area contributed by atoms with E-state index in [-0.39, 0.29) is 11.9 Å². The van der Waals surface area contributed by atoms with Gasteiger partial charge in [-0.3, -0.25) is 4.79 Å². The van der Waals surface area contributed by atoms with Crippen LogP contribution in [0.1, 0.15) is 48.9 Å². The van der Waals surface area contributed by atoms with E-state index in [1.165, 1.54) is 17.3 Å². The van der Waals surface area contributed by atoms with Gasteiger partial charge in [0.25, 0.3) is 0 Å². The minimum Gasteiger partial charge on any atom is -0.398 e. The highest BCUT2D eigenvalue weighted by molar-refractivity contribution is 5.77. The van der Waals surface area contributed by atoms with Crippen molar-refractivity contribution in [3.8, 4) is 0 Å². The molecule has 0 aliphatic rings. The lowest BCUT2D eigenvalue weighted by Gasteiger charge is -2.28. The zero-order valence-corrected chi connectivity index (χ0v) is 20.6. The fourth-order valence-electron chi connectivity index (χ4n) is 3.65. The number of nitrogens with one attached hydrogen (secondary N) is 3. The molecule has 0 aliphatic heterocycles. The summed E-state index contributed by atoms with van der Waals surface area (Å²) in [4.78, 5) is 11.7. The maximum Gasteiger partial charge on any atom is 0.223 e. The molecule has 0 heterocycles. The molecular weight excluding hydrogens is 424 g/mol. The predicted molar refractivity (Wildman–Crippen MR) is 143 cm³/mol. The van der Waals surface area contributed by atoms with Crippen LogP contribution in [0.4, 0.5) is 11.4 Å². The summed E-state index contributed by atoms with van der Waals surface area (Å²) in [5, 5.41) is 10.7. The lowest BCUT2D eigenvalue weighted by atomic mass is 10.0. The second-order valence-corrected chi connectivity index (χ2v) is 8.39. The summed E-state index contributed by atoms with van der Waals surface area (Å²) in [6.45, 7) is 18.4. The van der Waals surface area contributed by atoms with Gasteiger partial charge in [-0.25, -0.2) is 5.84 Å². The zero-order valence-electron chi connectivity index (χ0n) is 20.6. The number of amides is 1. The Morgan fingerprint density at radius 2 is 1.94 bits per heavy atom. The van der Waals surface area contributed by atoms with Crippen molar-refractivity contribution in [1.82, 2.24) is 15.6 Å². The number of carbonyl (C=O) groups excluding carboxylic acids is 1. The van der Waals surface area contributed by atoms with Gasteiger partial charge in [0.1, 0.15) is 0 Å². The molecule has 0 aliphatic carbocycles. The Labute approximate surface area is 203 Å². The van der Waals surface area contributed by atoms with Gasteiger partial charge < -0.3 is 26.7 Å². The molecule has 34 heavy (non-hydrogen) atoms. The summed E-state index contributed by atoms with van der Waals surface area (Å²) in [6.07, 6.45) is 3.31. The van der Waals surface area contributed by atoms with Gasteiger partial charge in [-0.1, -0.05) is 44.9 Å². The van der Waals surface area contributed by atoms with Gasteiger partial charge in [0.2, 0.25) is 5.91 Å².